The Morgan fingerprint density at radius 1 is 1.29 bits per heavy atom. The lowest BCUT2D eigenvalue weighted by Crippen LogP contribution is -2.32. The number of nitrogens with zero attached hydrogens (tertiary/aromatic N) is 1. The van der Waals surface area contributed by atoms with E-state index in [4.69, 9.17) is 0 Å². The molecule has 92 valence electrons. The molecule has 1 heterocycles. The minimum Gasteiger partial charge on any atom is -0.384 e. The van der Waals surface area contributed by atoms with Crippen molar-refractivity contribution in [3.63, 3.8) is 0 Å². The summed E-state index contributed by atoms with van der Waals surface area (Å²) in [5, 5.41) is 10.5. The topological polar surface area (TPSA) is 23.5 Å². The largest absolute Gasteiger partial charge is 0.384 e. The molecule has 1 N–H and O–H groups in total. The maximum Gasteiger partial charge on any atom is 0.132 e. The van der Waals surface area contributed by atoms with Crippen LogP contribution < -0.4 is 0 Å². The summed E-state index contributed by atoms with van der Waals surface area (Å²) < 4.78 is 26.5. The van der Waals surface area contributed by atoms with Crippen LogP contribution in [0.5, 0.6) is 0 Å². The fraction of sp³-hybridized carbons (Fsp3) is 0.538. The molecule has 2 nitrogen and oxygen atoms in total. The predicted molar refractivity (Wildman–Crippen MR) is 59.5 cm³/mol. The van der Waals surface area contributed by atoms with E-state index in [9.17, 15) is 13.9 Å². The van der Waals surface area contributed by atoms with Gasteiger partial charge in [-0.15, -0.1) is 0 Å². The van der Waals surface area contributed by atoms with E-state index in [2.05, 4.69) is 4.90 Å². The molecule has 1 aromatic rings. The van der Waals surface area contributed by atoms with Crippen molar-refractivity contribution in [1.29, 1.82) is 0 Å². The van der Waals surface area contributed by atoms with E-state index in [-0.39, 0.29) is 5.56 Å². The number of aliphatic hydroxyl groups is 1. The van der Waals surface area contributed by atoms with Crippen LogP contribution in [0, 0.1) is 11.6 Å². The van der Waals surface area contributed by atoms with E-state index in [1.165, 1.54) is 25.0 Å². The summed E-state index contributed by atoms with van der Waals surface area (Å²) in [7, 11) is 0. The van der Waals surface area contributed by atoms with Gasteiger partial charge in [0, 0.05) is 30.8 Å². The SMILES string of the molecule is OC1(c2ccc(F)cc2F)CCN(C2CC2)C1. The normalized spacial score (nSPS) is 29.8. The van der Waals surface area contributed by atoms with Crippen molar-refractivity contribution in [2.75, 3.05) is 13.1 Å². The fourth-order valence-corrected chi connectivity index (χ4v) is 2.66. The van der Waals surface area contributed by atoms with E-state index in [1.54, 1.807) is 0 Å². The Morgan fingerprint density at radius 2 is 2.06 bits per heavy atom. The van der Waals surface area contributed by atoms with Crippen LogP contribution in [-0.4, -0.2) is 29.1 Å². The average Bonchev–Trinajstić information content (AvgIpc) is 3.03. The zero-order valence-electron chi connectivity index (χ0n) is 9.50. The number of hydrogen-bond donors (Lipinski definition) is 1. The highest BCUT2D eigenvalue weighted by Crippen LogP contribution is 2.39. The van der Waals surface area contributed by atoms with Crippen molar-refractivity contribution in [1.82, 2.24) is 4.90 Å². The lowest BCUT2D eigenvalue weighted by Gasteiger charge is -2.24. The van der Waals surface area contributed by atoms with Crippen LogP contribution in [0.15, 0.2) is 18.2 Å². The Bertz CT molecular complexity index is 447. The van der Waals surface area contributed by atoms with Crippen LogP contribution in [0.2, 0.25) is 0 Å². The first-order chi connectivity index (χ1) is 8.08. The Balaban J connectivity index is 1.87. The van der Waals surface area contributed by atoms with E-state index in [0.717, 1.165) is 12.6 Å². The molecule has 0 aromatic heterocycles. The summed E-state index contributed by atoms with van der Waals surface area (Å²) in [6.07, 6.45) is 2.86. The molecule has 1 saturated carbocycles. The third-order valence-corrected chi connectivity index (χ3v) is 3.77. The van der Waals surface area contributed by atoms with Crippen molar-refractivity contribution < 1.29 is 13.9 Å². The third-order valence-electron chi connectivity index (χ3n) is 3.77. The number of rotatable bonds is 2. The molecular formula is C13H15F2NO. The Morgan fingerprint density at radius 3 is 2.71 bits per heavy atom. The van der Waals surface area contributed by atoms with Crippen LogP contribution in [0.3, 0.4) is 0 Å². The van der Waals surface area contributed by atoms with Crippen molar-refractivity contribution >= 4 is 0 Å². The maximum absolute atomic E-state index is 13.7. The monoisotopic (exact) mass is 239 g/mol. The van der Waals surface area contributed by atoms with Crippen molar-refractivity contribution in [3.8, 4) is 0 Å². The van der Waals surface area contributed by atoms with Gasteiger partial charge in [-0.25, -0.2) is 8.78 Å². The summed E-state index contributed by atoms with van der Waals surface area (Å²) in [5.74, 6) is -1.25. The molecule has 17 heavy (non-hydrogen) atoms. The lowest BCUT2D eigenvalue weighted by molar-refractivity contribution is 0.0415. The van der Waals surface area contributed by atoms with Gasteiger partial charge in [0.25, 0.3) is 0 Å². The molecule has 1 aliphatic carbocycles. The minimum absolute atomic E-state index is 0.224. The molecule has 1 atom stereocenters. The summed E-state index contributed by atoms with van der Waals surface area (Å²) in [4.78, 5) is 2.20. The highest BCUT2D eigenvalue weighted by Gasteiger charge is 2.44. The first kappa shape index (κ1) is 11.1. The Hall–Kier alpha value is -1.00. The van der Waals surface area contributed by atoms with Crippen LogP contribution in [0.4, 0.5) is 8.78 Å². The molecule has 1 aliphatic heterocycles. The quantitative estimate of drug-likeness (QED) is 0.853. The number of halogens is 2. The van der Waals surface area contributed by atoms with Gasteiger partial charge < -0.3 is 5.11 Å². The van der Waals surface area contributed by atoms with Gasteiger partial charge in [0.05, 0.1) is 0 Å². The van der Waals surface area contributed by atoms with Crippen molar-refractivity contribution in [2.24, 2.45) is 0 Å². The number of benzene rings is 1. The molecule has 0 bridgehead atoms. The third kappa shape index (κ3) is 1.96. The van der Waals surface area contributed by atoms with Crippen LogP contribution in [0.25, 0.3) is 0 Å². The molecule has 1 aromatic carbocycles. The minimum atomic E-state index is -1.15. The van der Waals surface area contributed by atoms with Gasteiger partial charge in [-0.1, -0.05) is 6.07 Å². The maximum atomic E-state index is 13.7. The number of likely N-dealkylation sites (tertiary alicyclic amines) is 1. The van der Waals surface area contributed by atoms with Gasteiger partial charge in [0.1, 0.15) is 17.2 Å². The van der Waals surface area contributed by atoms with E-state index < -0.39 is 17.2 Å². The molecule has 0 spiro atoms. The molecule has 3 rings (SSSR count). The van der Waals surface area contributed by atoms with Gasteiger partial charge in [0.2, 0.25) is 0 Å². The Labute approximate surface area is 98.9 Å². The van der Waals surface area contributed by atoms with Crippen LogP contribution in [0.1, 0.15) is 24.8 Å². The lowest BCUT2D eigenvalue weighted by atomic mass is 9.92. The average molecular weight is 239 g/mol. The van der Waals surface area contributed by atoms with Crippen molar-refractivity contribution in [2.45, 2.75) is 30.9 Å². The van der Waals surface area contributed by atoms with E-state index in [0.29, 0.717) is 19.0 Å². The first-order valence-electron chi connectivity index (χ1n) is 6.00. The van der Waals surface area contributed by atoms with Gasteiger partial charge >= 0.3 is 0 Å². The predicted octanol–water partition coefficient (Wildman–Crippen LogP) is 2.02. The zero-order chi connectivity index (χ0) is 12.0. The highest BCUT2D eigenvalue weighted by atomic mass is 19.1. The molecule has 0 amide bonds. The smallest absolute Gasteiger partial charge is 0.132 e. The summed E-state index contributed by atoms with van der Waals surface area (Å²) in [6, 6.07) is 3.97. The highest BCUT2D eigenvalue weighted by molar-refractivity contribution is 5.27. The van der Waals surface area contributed by atoms with Crippen LogP contribution >= 0.6 is 0 Å². The van der Waals surface area contributed by atoms with Gasteiger partial charge in [-0.3, -0.25) is 4.90 Å². The molecule has 2 aliphatic rings. The molecule has 2 fully saturated rings. The Kier molecular flexibility index (Phi) is 2.45. The van der Waals surface area contributed by atoms with Crippen molar-refractivity contribution in [3.05, 3.63) is 35.4 Å². The standard InChI is InChI=1S/C13H15F2NO/c14-9-1-4-11(12(15)7-9)13(17)5-6-16(8-13)10-2-3-10/h1,4,7,10,17H,2-3,5-6,8H2. The van der Waals surface area contributed by atoms with Crippen LogP contribution in [-0.2, 0) is 5.60 Å². The fourth-order valence-electron chi connectivity index (χ4n) is 2.66. The molecule has 1 saturated heterocycles. The van der Waals surface area contributed by atoms with E-state index in [1.807, 2.05) is 0 Å². The van der Waals surface area contributed by atoms with E-state index >= 15 is 0 Å². The molecule has 1 unspecified atom stereocenters. The number of hydrogen-bond acceptors (Lipinski definition) is 2. The molecule has 4 heteroatoms. The summed E-state index contributed by atoms with van der Waals surface area (Å²) >= 11 is 0. The second kappa shape index (κ2) is 3.75. The first-order valence-corrected chi connectivity index (χ1v) is 6.00. The van der Waals surface area contributed by atoms with Gasteiger partial charge in [-0.05, 0) is 25.3 Å². The zero-order valence-corrected chi connectivity index (χ0v) is 9.50. The van der Waals surface area contributed by atoms with Gasteiger partial charge in [-0.2, -0.15) is 0 Å². The second-order valence-corrected chi connectivity index (χ2v) is 5.11. The summed E-state index contributed by atoms with van der Waals surface area (Å²) in [5.41, 5.74) is -0.928. The number of β-amino-alcohol motifs (C(OH)–C–C–N with tert-alkyl or cyclic N) is 1. The molecule has 0 radical (unpaired) electrons. The summed E-state index contributed by atoms with van der Waals surface area (Å²) in [6.45, 7) is 1.25. The van der Waals surface area contributed by atoms with Gasteiger partial charge in [0.15, 0.2) is 0 Å². The molecular weight excluding hydrogens is 224 g/mol. The second-order valence-electron chi connectivity index (χ2n) is 5.11.